The van der Waals surface area contributed by atoms with Crippen LogP contribution in [0.5, 0.6) is 0 Å². The van der Waals surface area contributed by atoms with E-state index in [0.717, 1.165) is 18.8 Å². The molecule has 0 N–H and O–H groups in total. The Morgan fingerprint density at radius 2 is 1.90 bits per heavy atom. The van der Waals surface area contributed by atoms with Crippen molar-refractivity contribution in [2.75, 3.05) is 7.11 Å². The van der Waals surface area contributed by atoms with Crippen LogP contribution in [0.2, 0.25) is 0 Å². The lowest BCUT2D eigenvalue weighted by Crippen LogP contribution is -2.58. The van der Waals surface area contributed by atoms with Crippen molar-refractivity contribution >= 4 is 11.9 Å². The number of rotatable bonds is 5. The van der Waals surface area contributed by atoms with E-state index in [1.54, 1.807) is 6.92 Å². The van der Waals surface area contributed by atoms with Gasteiger partial charge in [0.05, 0.1) is 7.11 Å². The molecule has 4 nitrogen and oxygen atoms in total. The van der Waals surface area contributed by atoms with Gasteiger partial charge in [0.15, 0.2) is 0 Å². The molecule has 4 heteroatoms. The van der Waals surface area contributed by atoms with Crippen LogP contribution in [0.3, 0.4) is 0 Å². The molecule has 0 amide bonds. The molecule has 0 spiro atoms. The second-order valence-electron chi connectivity index (χ2n) is 11.5. The van der Waals surface area contributed by atoms with Crippen LogP contribution in [0.15, 0.2) is 12.2 Å². The molecule has 0 bridgehead atoms. The molecule has 0 radical (unpaired) electrons. The highest BCUT2D eigenvalue weighted by atomic mass is 16.5. The van der Waals surface area contributed by atoms with Gasteiger partial charge in [0.1, 0.15) is 6.10 Å². The summed E-state index contributed by atoms with van der Waals surface area (Å²) in [4.78, 5) is 24.0. The summed E-state index contributed by atoms with van der Waals surface area (Å²) in [5, 5.41) is 0. The maximum Gasteiger partial charge on any atom is 0.305 e. The standard InChI is InChI=1S/C27H42O4/c1-17(9-14-25(29)30-5)21-12-13-22-20-11-10-19-8-6-7-15-26(19,3)23(20)16-24(27(21,22)4)31-18(2)28/h6,8,17,19-24H,7,9-16H2,1-5H3/t17-,19+,20+,21+,22-,23-,24+,26+,27+/m1/s1. The Hall–Kier alpha value is -1.32. The molecule has 9 atom stereocenters. The van der Waals surface area contributed by atoms with Crippen molar-refractivity contribution in [3.8, 4) is 0 Å². The van der Waals surface area contributed by atoms with E-state index in [4.69, 9.17) is 9.47 Å². The van der Waals surface area contributed by atoms with E-state index in [2.05, 4.69) is 32.9 Å². The summed E-state index contributed by atoms with van der Waals surface area (Å²) in [5.74, 6) is 3.33. The fourth-order valence-corrected chi connectivity index (χ4v) is 8.75. The maximum absolute atomic E-state index is 12.2. The van der Waals surface area contributed by atoms with E-state index >= 15 is 0 Å². The number of methoxy groups -OCH3 is 1. The van der Waals surface area contributed by atoms with Crippen molar-refractivity contribution in [3.05, 3.63) is 12.2 Å². The van der Waals surface area contributed by atoms with Crippen LogP contribution in [-0.2, 0) is 19.1 Å². The molecule has 4 aliphatic rings. The van der Waals surface area contributed by atoms with Gasteiger partial charge in [0.2, 0.25) is 0 Å². The van der Waals surface area contributed by atoms with Gasteiger partial charge in [0, 0.05) is 18.8 Å². The highest BCUT2D eigenvalue weighted by molar-refractivity contribution is 5.69. The van der Waals surface area contributed by atoms with E-state index in [1.165, 1.54) is 45.6 Å². The van der Waals surface area contributed by atoms with Crippen LogP contribution in [0.4, 0.5) is 0 Å². The largest absolute Gasteiger partial charge is 0.469 e. The first-order chi connectivity index (χ1) is 14.7. The molecule has 0 saturated heterocycles. The molecule has 3 fully saturated rings. The average Bonchev–Trinajstić information content (AvgIpc) is 3.10. The summed E-state index contributed by atoms with van der Waals surface area (Å²) in [6.45, 7) is 8.81. The smallest absolute Gasteiger partial charge is 0.305 e. The summed E-state index contributed by atoms with van der Waals surface area (Å²) in [5.41, 5.74) is 0.349. The van der Waals surface area contributed by atoms with Crippen LogP contribution in [0.25, 0.3) is 0 Å². The van der Waals surface area contributed by atoms with Crippen LogP contribution in [0, 0.1) is 46.3 Å². The number of carbonyl (C=O) groups excluding carboxylic acids is 2. The molecule has 31 heavy (non-hydrogen) atoms. The minimum Gasteiger partial charge on any atom is -0.469 e. The number of fused-ring (bicyclic) bond motifs is 5. The first kappa shape index (κ1) is 22.9. The number of carbonyl (C=O) groups is 2. The van der Waals surface area contributed by atoms with Gasteiger partial charge in [-0.1, -0.05) is 32.9 Å². The molecule has 0 unspecified atom stereocenters. The third-order valence-electron chi connectivity index (χ3n) is 10.3. The Balaban J connectivity index is 1.63. The molecule has 174 valence electrons. The number of hydrogen-bond acceptors (Lipinski definition) is 4. The lowest BCUT2D eigenvalue weighted by atomic mass is 9.44. The Labute approximate surface area is 188 Å². The molecule has 0 aromatic rings. The van der Waals surface area contributed by atoms with E-state index in [0.29, 0.717) is 41.4 Å². The Bertz CT molecular complexity index is 729. The third-order valence-corrected chi connectivity index (χ3v) is 10.3. The van der Waals surface area contributed by atoms with Crippen molar-refractivity contribution in [3.63, 3.8) is 0 Å². The monoisotopic (exact) mass is 430 g/mol. The van der Waals surface area contributed by atoms with Crippen molar-refractivity contribution in [1.29, 1.82) is 0 Å². The first-order valence-electron chi connectivity index (χ1n) is 12.6. The van der Waals surface area contributed by atoms with E-state index < -0.39 is 0 Å². The second kappa shape index (κ2) is 8.56. The van der Waals surface area contributed by atoms with Gasteiger partial charge in [-0.15, -0.1) is 0 Å². The van der Waals surface area contributed by atoms with E-state index in [-0.39, 0.29) is 23.5 Å². The molecule has 4 rings (SSSR count). The third kappa shape index (κ3) is 3.76. The minimum atomic E-state index is -0.141. The van der Waals surface area contributed by atoms with Crippen LogP contribution in [-0.4, -0.2) is 25.2 Å². The highest BCUT2D eigenvalue weighted by Crippen LogP contribution is 2.68. The Morgan fingerprint density at radius 1 is 1.13 bits per heavy atom. The molecule has 4 aliphatic carbocycles. The van der Waals surface area contributed by atoms with Crippen molar-refractivity contribution in [1.82, 2.24) is 0 Å². The topological polar surface area (TPSA) is 52.6 Å². The van der Waals surface area contributed by atoms with Gasteiger partial charge < -0.3 is 9.47 Å². The molecule has 0 heterocycles. The van der Waals surface area contributed by atoms with Crippen LogP contribution < -0.4 is 0 Å². The first-order valence-corrected chi connectivity index (χ1v) is 12.6. The quantitative estimate of drug-likeness (QED) is 0.400. The zero-order valence-electron chi connectivity index (χ0n) is 20.2. The zero-order valence-corrected chi connectivity index (χ0v) is 20.2. The van der Waals surface area contributed by atoms with Gasteiger partial charge >= 0.3 is 11.9 Å². The number of hydrogen-bond donors (Lipinski definition) is 0. The van der Waals surface area contributed by atoms with Gasteiger partial charge in [0.25, 0.3) is 0 Å². The molecular formula is C27H42O4. The second-order valence-corrected chi connectivity index (χ2v) is 11.5. The molecule has 0 aromatic heterocycles. The van der Waals surface area contributed by atoms with Gasteiger partial charge in [-0.3, -0.25) is 9.59 Å². The lowest BCUT2D eigenvalue weighted by molar-refractivity contribution is -0.189. The number of esters is 2. The average molecular weight is 431 g/mol. The molecule has 0 aliphatic heterocycles. The van der Waals surface area contributed by atoms with Gasteiger partial charge in [-0.25, -0.2) is 0 Å². The Kier molecular flexibility index (Phi) is 6.31. The fourth-order valence-electron chi connectivity index (χ4n) is 8.75. The van der Waals surface area contributed by atoms with Crippen molar-refractivity contribution < 1.29 is 19.1 Å². The summed E-state index contributed by atoms with van der Waals surface area (Å²) in [7, 11) is 1.47. The number of ether oxygens (including phenoxy) is 2. The highest BCUT2D eigenvalue weighted by Gasteiger charge is 2.64. The van der Waals surface area contributed by atoms with Gasteiger partial charge in [-0.2, -0.15) is 0 Å². The molecule has 0 aromatic carbocycles. The predicted molar refractivity (Wildman–Crippen MR) is 121 cm³/mol. The SMILES string of the molecule is COC(=O)CC[C@@H](C)[C@@H]1CC[C@@H]2[C@@H]3CC[C@@H]4C=CCC[C@]4(C)[C@@H]3C[C@H](OC(C)=O)[C@]21C. The van der Waals surface area contributed by atoms with Crippen LogP contribution in [0.1, 0.15) is 85.5 Å². The van der Waals surface area contributed by atoms with Crippen molar-refractivity contribution in [2.45, 2.75) is 91.6 Å². The Morgan fingerprint density at radius 3 is 2.61 bits per heavy atom. The van der Waals surface area contributed by atoms with Crippen LogP contribution >= 0.6 is 0 Å². The normalized spacial score (nSPS) is 44.5. The lowest BCUT2D eigenvalue weighted by Gasteiger charge is -2.61. The summed E-state index contributed by atoms with van der Waals surface area (Å²) >= 11 is 0. The van der Waals surface area contributed by atoms with Gasteiger partial charge in [-0.05, 0) is 92.3 Å². The summed E-state index contributed by atoms with van der Waals surface area (Å²) in [6.07, 6.45) is 14.7. The fraction of sp³-hybridized carbons (Fsp3) is 0.852. The molecule has 3 saturated carbocycles. The zero-order chi connectivity index (χ0) is 22.4. The maximum atomic E-state index is 12.2. The van der Waals surface area contributed by atoms with Crippen molar-refractivity contribution in [2.24, 2.45) is 46.3 Å². The predicted octanol–water partition coefficient (Wildman–Crippen LogP) is 5.94. The van der Waals surface area contributed by atoms with E-state index in [1.807, 2.05) is 0 Å². The molecular weight excluding hydrogens is 388 g/mol. The summed E-state index contributed by atoms with van der Waals surface area (Å²) < 4.78 is 11.0. The minimum absolute atomic E-state index is 0.00851. The number of allylic oxidation sites excluding steroid dienone is 2. The van der Waals surface area contributed by atoms with E-state index in [9.17, 15) is 9.59 Å². The summed E-state index contributed by atoms with van der Waals surface area (Å²) in [6, 6.07) is 0.